The van der Waals surface area contributed by atoms with Crippen molar-refractivity contribution in [1.82, 2.24) is 20.3 Å². The monoisotopic (exact) mass is 378 g/mol. The van der Waals surface area contributed by atoms with E-state index < -0.39 is 0 Å². The minimum absolute atomic E-state index is 0.134. The lowest BCUT2D eigenvalue weighted by Crippen LogP contribution is -2.42. The van der Waals surface area contributed by atoms with E-state index in [4.69, 9.17) is 9.37 Å². The molecule has 2 aliphatic heterocycles. The Morgan fingerprint density at radius 1 is 1.15 bits per heavy atom. The summed E-state index contributed by atoms with van der Waals surface area (Å²) in [4.78, 5) is 25.9. The smallest absolute Gasteiger partial charge is 0.310 e. The number of nitrogens with zero attached hydrogens (tertiary/aromatic N) is 6. The molecule has 4 heterocycles. The number of hydrogen-bond donors (Lipinski definition) is 0. The van der Waals surface area contributed by atoms with E-state index in [1.54, 1.807) is 0 Å². The lowest BCUT2D eigenvalue weighted by molar-refractivity contribution is -0.148. The van der Waals surface area contributed by atoms with Crippen LogP contribution < -0.4 is 9.80 Å². The molecule has 2 aliphatic rings. The first-order chi connectivity index (χ1) is 12.8. The summed E-state index contributed by atoms with van der Waals surface area (Å²) in [6.45, 7) is 5.48. The maximum absolute atomic E-state index is 12.2. The molecule has 0 saturated carbocycles. The highest BCUT2D eigenvalue weighted by Crippen LogP contribution is 2.32. The van der Waals surface area contributed by atoms with Gasteiger partial charge in [0.25, 0.3) is 0 Å². The average Bonchev–Trinajstić information content (AvgIpc) is 3.15. The number of piperidine rings is 1. The minimum atomic E-state index is -0.138. The molecule has 2 aromatic heterocycles. The van der Waals surface area contributed by atoms with Gasteiger partial charge in [0.05, 0.1) is 12.5 Å². The van der Waals surface area contributed by atoms with Gasteiger partial charge in [-0.25, -0.2) is 14.6 Å². The van der Waals surface area contributed by atoms with Crippen LogP contribution in [0.4, 0.5) is 11.6 Å². The van der Waals surface area contributed by atoms with Crippen LogP contribution in [0.3, 0.4) is 0 Å². The third-order valence-electron chi connectivity index (χ3n) is 4.73. The second-order valence-corrected chi connectivity index (χ2v) is 7.64. The standard InChI is InChI=1S/C16H22N6O3S/c1-2-24-16(23)11-4-3-5-22(10-11)15-14(21-6-8-26-9-7-21)17-12-13(18-15)20-25-19-12/h11H,2-10H2,1H3/t11-/m0/s1. The lowest BCUT2D eigenvalue weighted by Gasteiger charge is -2.35. The molecular formula is C16H22N6O3S. The van der Waals surface area contributed by atoms with E-state index in [0.29, 0.717) is 24.4 Å². The van der Waals surface area contributed by atoms with Gasteiger partial charge in [-0.05, 0) is 30.1 Å². The molecule has 140 valence electrons. The Balaban J connectivity index is 1.66. The van der Waals surface area contributed by atoms with Crippen molar-refractivity contribution in [2.24, 2.45) is 5.92 Å². The fraction of sp³-hybridized carbons (Fsp3) is 0.688. The molecule has 0 unspecified atom stereocenters. The van der Waals surface area contributed by atoms with Crippen LogP contribution >= 0.6 is 11.8 Å². The number of carbonyl (C=O) groups excluding carboxylic acids is 1. The molecule has 0 N–H and O–H groups in total. The number of esters is 1. The first kappa shape index (κ1) is 17.3. The van der Waals surface area contributed by atoms with Crippen molar-refractivity contribution in [3.63, 3.8) is 0 Å². The Bertz CT molecular complexity index is 778. The summed E-state index contributed by atoms with van der Waals surface area (Å²) in [6.07, 6.45) is 1.75. The summed E-state index contributed by atoms with van der Waals surface area (Å²) < 4.78 is 10.0. The molecule has 0 aromatic carbocycles. The predicted molar refractivity (Wildman–Crippen MR) is 98.5 cm³/mol. The molecule has 0 bridgehead atoms. The average molecular weight is 378 g/mol. The van der Waals surface area contributed by atoms with Gasteiger partial charge in [0.1, 0.15) is 0 Å². The van der Waals surface area contributed by atoms with E-state index in [9.17, 15) is 4.79 Å². The van der Waals surface area contributed by atoms with Gasteiger partial charge in [-0.1, -0.05) is 0 Å². The zero-order valence-electron chi connectivity index (χ0n) is 14.8. The summed E-state index contributed by atoms with van der Waals surface area (Å²) in [7, 11) is 0. The fourth-order valence-corrected chi connectivity index (χ4v) is 4.35. The highest BCUT2D eigenvalue weighted by molar-refractivity contribution is 7.99. The van der Waals surface area contributed by atoms with E-state index in [-0.39, 0.29) is 11.9 Å². The van der Waals surface area contributed by atoms with Gasteiger partial charge in [0, 0.05) is 37.7 Å². The summed E-state index contributed by atoms with van der Waals surface area (Å²) in [5.41, 5.74) is 0.814. The molecule has 0 radical (unpaired) electrons. The molecule has 4 rings (SSSR count). The Kier molecular flexibility index (Phi) is 5.09. The number of carbonyl (C=O) groups is 1. The van der Waals surface area contributed by atoms with Crippen molar-refractivity contribution in [2.45, 2.75) is 19.8 Å². The van der Waals surface area contributed by atoms with Crippen LogP contribution in [0.15, 0.2) is 4.63 Å². The molecule has 26 heavy (non-hydrogen) atoms. The van der Waals surface area contributed by atoms with Crippen LogP contribution in [0.25, 0.3) is 11.3 Å². The third-order valence-corrected chi connectivity index (χ3v) is 5.67. The molecular weight excluding hydrogens is 356 g/mol. The van der Waals surface area contributed by atoms with E-state index in [1.165, 1.54) is 0 Å². The molecule has 1 atom stereocenters. The van der Waals surface area contributed by atoms with E-state index in [0.717, 1.165) is 55.6 Å². The second-order valence-electron chi connectivity index (χ2n) is 6.42. The molecule has 2 saturated heterocycles. The zero-order chi connectivity index (χ0) is 17.9. The number of ether oxygens (including phenoxy) is 1. The van der Waals surface area contributed by atoms with Crippen molar-refractivity contribution in [3.8, 4) is 0 Å². The van der Waals surface area contributed by atoms with E-state index in [2.05, 4.69) is 30.1 Å². The van der Waals surface area contributed by atoms with Crippen LogP contribution in [-0.2, 0) is 9.53 Å². The first-order valence-electron chi connectivity index (χ1n) is 9.01. The number of hydrogen-bond acceptors (Lipinski definition) is 10. The van der Waals surface area contributed by atoms with Gasteiger partial charge in [-0.2, -0.15) is 11.8 Å². The number of rotatable bonds is 4. The molecule has 2 fully saturated rings. The van der Waals surface area contributed by atoms with Gasteiger partial charge >= 0.3 is 5.97 Å². The molecule has 10 heteroatoms. The number of anilines is 2. The molecule has 9 nitrogen and oxygen atoms in total. The maximum Gasteiger partial charge on any atom is 0.310 e. The quantitative estimate of drug-likeness (QED) is 0.725. The Hall–Kier alpha value is -2.10. The Morgan fingerprint density at radius 2 is 1.85 bits per heavy atom. The highest BCUT2D eigenvalue weighted by atomic mass is 32.2. The number of fused-ring (bicyclic) bond motifs is 1. The van der Waals surface area contributed by atoms with E-state index >= 15 is 0 Å². The second kappa shape index (κ2) is 7.65. The van der Waals surface area contributed by atoms with Crippen molar-refractivity contribution in [1.29, 1.82) is 0 Å². The largest absolute Gasteiger partial charge is 0.466 e. The lowest BCUT2D eigenvalue weighted by atomic mass is 9.98. The summed E-state index contributed by atoms with van der Waals surface area (Å²) in [6, 6.07) is 0. The summed E-state index contributed by atoms with van der Waals surface area (Å²) in [5.74, 6) is 3.40. The van der Waals surface area contributed by atoms with Gasteiger partial charge < -0.3 is 14.5 Å². The van der Waals surface area contributed by atoms with Gasteiger partial charge in [-0.15, -0.1) is 0 Å². The molecule has 2 aromatic rings. The third kappa shape index (κ3) is 3.42. The highest BCUT2D eigenvalue weighted by Gasteiger charge is 2.31. The number of thioether (sulfide) groups is 1. The Morgan fingerprint density at radius 3 is 2.54 bits per heavy atom. The van der Waals surface area contributed by atoms with Crippen molar-refractivity contribution >= 4 is 40.7 Å². The van der Waals surface area contributed by atoms with Crippen molar-refractivity contribution < 1.29 is 14.2 Å². The zero-order valence-corrected chi connectivity index (χ0v) is 15.6. The van der Waals surface area contributed by atoms with Gasteiger partial charge in [-0.3, -0.25) is 4.79 Å². The molecule has 0 spiro atoms. The van der Waals surface area contributed by atoms with Crippen LogP contribution in [0.5, 0.6) is 0 Å². The number of aromatic nitrogens is 4. The van der Waals surface area contributed by atoms with Crippen LogP contribution in [-0.4, -0.2) is 70.5 Å². The maximum atomic E-state index is 12.2. The van der Waals surface area contributed by atoms with Crippen molar-refractivity contribution in [3.05, 3.63) is 0 Å². The first-order valence-corrected chi connectivity index (χ1v) is 10.2. The fourth-order valence-electron chi connectivity index (χ4n) is 3.44. The molecule has 0 amide bonds. The van der Waals surface area contributed by atoms with E-state index in [1.807, 2.05) is 18.7 Å². The van der Waals surface area contributed by atoms with Gasteiger partial charge in [0.2, 0.25) is 11.3 Å². The minimum Gasteiger partial charge on any atom is -0.466 e. The van der Waals surface area contributed by atoms with Crippen LogP contribution in [0.1, 0.15) is 19.8 Å². The normalized spacial score (nSPS) is 21.2. The predicted octanol–water partition coefficient (Wildman–Crippen LogP) is 1.35. The topological polar surface area (TPSA) is 97.5 Å². The van der Waals surface area contributed by atoms with Gasteiger partial charge in [0.15, 0.2) is 11.6 Å². The molecule has 0 aliphatic carbocycles. The summed E-state index contributed by atoms with van der Waals surface area (Å²) >= 11 is 1.94. The van der Waals surface area contributed by atoms with Crippen molar-refractivity contribution in [2.75, 3.05) is 54.1 Å². The summed E-state index contributed by atoms with van der Waals surface area (Å²) in [5, 5.41) is 7.69. The van der Waals surface area contributed by atoms with Crippen LogP contribution in [0, 0.1) is 5.92 Å². The Labute approximate surface area is 155 Å². The SMILES string of the molecule is CCOC(=O)[C@H]1CCCN(c2nc3nonc3nc2N2CCSCC2)C1. The van der Waals surface area contributed by atoms with Crippen LogP contribution in [0.2, 0.25) is 0 Å².